The summed E-state index contributed by atoms with van der Waals surface area (Å²) in [4.78, 5) is 0. The van der Waals surface area contributed by atoms with Crippen molar-refractivity contribution in [2.45, 2.75) is 20.4 Å². The van der Waals surface area contributed by atoms with Gasteiger partial charge in [0, 0.05) is 12.1 Å². The predicted molar refractivity (Wildman–Crippen MR) is 82.3 cm³/mol. The first-order chi connectivity index (χ1) is 9.60. The van der Waals surface area contributed by atoms with E-state index >= 15 is 0 Å². The zero-order chi connectivity index (χ0) is 14.7. The summed E-state index contributed by atoms with van der Waals surface area (Å²) in [5.41, 5.74) is 11.5. The molecule has 0 saturated carbocycles. The molecule has 20 heavy (non-hydrogen) atoms. The summed E-state index contributed by atoms with van der Waals surface area (Å²) >= 11 is 0. The number of methoxy groups -OCH3 is 2. The second kappa shape index (κ2) is 5.97. The van der Waals surface area contributed by atoms with Crippen LogP contribution in [0.3, 0.4) is 0 Å². The van der Waals surface area contributed by atoms with E-state index in [4.69, 9.17) is 15.2 Å². The van der Waals surface area contributed by atoms with E-state index in [1.54, 1.807) is 14.2 Å². The summed E-state index contributed by atoms with van der Waals surface area (Å²) < 4.78 is 10.8. The molecule has 3 heteroatoms. The van der Waals surface area contributed by atoms with Crippen molar-refractivity contribution in [3.63, 3.8) is 0 Å². The fourth-order valence-corrected chi connectivity index (χ4v) is 2.54. The van der Waals surface area contributed by atoms with Crippen LogP contribution in [-0.2, 0) is 6.54 Å². The van der Waals surface area contributed by atoms with Gasteiger partial charge in [0.25, 0.3) is 0 Å². The first-order valence-electron chi connectivity index (χ1n) is 6.63. The van der Waals surface area contributed by atoms with Gasteiger partial charge in [-0.25, -0.2) is 0 Å². The molecule has 0 aliphatic carbocycles. The lowest BCUT2D eigenvalue weighted by atomic mass is 9.93. The second-order valence-electron chi connectivity index (χ2n) is 4.89. The molecular weight excluding hydrogens is 250 g/mol. The Balaban J connectivity index is 2.67. The van der Waals surface area contributed by atoms with Gasteiger partial charge in [0.05, 0.1) is 14.2 Å². The van der Waals surface area contributed by atoms with Gasteiger partial charge < -0.3 is 15.2 Å². The van der Waals surface area contributed by atoms with E-state index in [-0.39, 0.29) is 0 Å². The van der Waals surface area contributed by atoms with Gasteiger partial charge in [-0.05, 0) is 54.3 Å². The summed E-state index contributed by atoms with van der Waals surface area (Å²) in [6, 6.07) is 10.2. The van der Waals surface area contributed by atoms with Crippen LogP contribution in [0.25, 0.3) is 11.1 Å². The Morgan fingerprint density at radius 3 is 2.35 bits per heavy atom. The van der Waals surface area contributed by atoms with Crippen molar-refractivity contribution in [1.82, 2.24) is 0 Å². The standard InChI is InChI=1S/C17H21NO2/c1-11-7-12(2)17(16(8-11)20-4)15-6-5-14(19-3)9-13(15)10-18/h5-9H,10,18H2,1-4H3. The van der Waals surface area contributed by atoms with Crippen LogP contribution in [0.5, 0.6) is 11.5 Å². The Morgan fingerprint density at radius 2 is 1.75 bits per heavy atom. The molecule has 0 heterocycles. The van der Waals surface area contributed by atoms with Crippen LogP contribution in [-0.4, -0.2) is 14.2 Å². The average molecular weight is 271 g/mol. The smallest absolute Gasteiger partial charge is 0.127 e. The van der Waals surface area contributed by atoms with Crippen LogP contribution in [0.2, 0.25) is 0 Å². The SMILES string of the molecule is COc1ccc(-c2c(C)cc(C)cc2OC)c(CN)c1. The molecule has 0 unspecified atom stereocenters. The minimum atomic E-state index is 0.461. The number of aryl methyl sites for hydroxylation is 2. The monoisotopic (exact) mass is 271 g/mol. The predicted octanol–water partition coefficient (Wildman–Crippen LogP) is 3.45. The average Bonchev–Trinajstić information content (AvgIpc) is 2.46. The molecule has 0 amide bonds. The Bertz CT molecular complexity index is 621. The van der Waals surface area contributed by atoms with Crippen molar-refractivity contribution in [1.29, 1.82) is 0 Å². The second-order valence-corrected chi connectivity index (χ2v) is 4.89. The van der Waals surface area contributed by atoms with Crippen LogP contribution < -0.4 is 15.2 Å². The quantitative estimate of drug-likeness (QED) is 0.926. The van der Waals surface area contributed by atoms with Crippen molar-refractivity contribution in [3.05, 3.63) is 47.0 Å². The van der Waals surface area contributed by atoms with E-state index in [1.165, 1.54) is 11.1 Å². The molecule has 2 N–H and O–H groups in total. The summed E-state index contributed by atoms with van der Waals surface area (Å²) in [5, 5.41) is 0. The third-order valence-corrected chi connectivity index (χ3v) is 3.47. The number of hydrogen-bond acceptors (Lipinski definition) is 3. The zero-order valence-electron chi connectivity index (χ0n) is 12.5. The van der Waals surface area contributed by atoms with E-state index in [2.05, 4.69) is 19.9 Å². The van der Waals surface area contributed by atoms with Gasteiger partial charge in [0.15, 0.2) is 0 Å². The van der Waals surface area contributed by atoms with Gasteiger partial charge in [-0.1, -0.05) is 12.1 Å². The summed E-state index contributed by atoms with van der Waals surface area (Å²) in [5.74, 6) is 1.69. The maximum absolute atomic E-state index is 5.89. The highest BCUT2D eigenvalue weighted by Crippen LogP contribution is 2.37. The molecule has 0 aliphatic rings. The van der Waals surface area contributed by atoms with Crippen LogP contribution in [0.15, 0.2) is 30.3 Å². The summed E-state index contributed by atoms with van der Waals surface area (Å²) in [6.07, 6.45) is 0. The van der Waals surface area contributed by atoms with E-state index in [0.717, 1.165) is 28.2 Å². The third-order valence-electron chi connectivity index (χ3n) is 3.47. The van der Waals surface area contributed by atoms with E-state index < -0.39 is 0 Å². The summed E-state index contributed by atoms with van der Waals surface area (Å²) in [7, 11) is 3.36. The van der Waals surface area contributed by atoms with Gasteiger partial charge in [0.2, 0.25) is 0 Å². The van der Waals surface area contributed by atoms with Gasteiger partial charge >= 0.3 is 0 Å². The molecule has 0 saturated heterocycles. The van der Waals surface area contributed by atoms with Crippen LogP contribution >= 0.6 is 0 Å². The van der Waals surface area contributed by atoms with Crippen molar-refractivity contribution >= 4 is 0 Å². The molecule has 0 aromatic heterocycles. The normalized spacial score (nSPS) is 10.4. The number of benzene rings is 2. The molecule has 2 aromatic rings. The lowest BCUT2D eigenvalue weighted by molar-refractivity contribution is 0.413. The molecule has 106 valence electrons. The number of nitrogens with two attached hydrogens (primary N) is 1. The van der Waals surface area contributed by atoms with Crippen molar-refractivity contribution < 1.29 is 9.47 Å². The minimum absolute atomic E-state index is 0.461. The van der Waals surface area contributed by atoms with E-state index in [0.29, 0.717) is 6.54 Å². The van der Waals surface area contributed by atoms with Gasteiger partial charge in [-0.3, -0.25) is 0 Å². The highest BCUT2D eigenvalue weighted by molar-refractivity contribution is 5.77. The molecular formula is C17H21NO2. The molecule has 0 atom stereocenters. The molecule has 0 spiro atoms. The topological polar surface area (TPSA) is 44.5 Å². The first kappa shape index (κ1) is 14.4. The van der Waals surface area contributed by atoms with Gasteiger partial charge in [0.1, 0.15) is 11.5 Å². The van der Waals surface area contributed by atoms with Crippen molar-refractivity contribution in [2.24, 2.45) is 5.73 Å². The number of hydrogen-bond donors (Lipinski definition) is 1. The molecule has 0 radical (unpaired) electrons. The van der Waals surface area contributed by atoms with Crippen molar-refractivity contribution in [3.8, 4) is 22.6 Å². The molecule has 0 bridgehead atoms. The fraction of sp³-hybridized carbons (Fsp3) is 0.294. The number of rotatable bonds is 4. The maximum Gasteiger partial charge on any atom is 0.127 e. The van der Waals surface area contributed by atoms with Gasteiger partial charge in [-0.2, -0.15) is 0 Å². The highest BCUT2D eigenvalue weighted by Gasteiger charge is 2.14. The first-order valence-corrected chi connectivity index (χ1v) is 6.63. The Hall–Kier alpha value is -2.00. The summed E-state index contributed by atoms with van der Waals surface area (Å²) in [6.45, 7) is 4.62. The van der Waals surface area contributed by atoms with E-state index in [1.807, 2.05) is 24.3 Å². The molecule has 3 nitrogen and oxygen atoms in total. The lowest BCUT2D eigenvalue weighted by Crippen LogP contribution is -2.02. The van der Waals surface area contributed by atoms with Crippen LogP contribution in [0.1, 0.15) is 16.7 Å². The molecule has 0 fully saturated rings. The maximum atomic E-state index is 5.89. The third kappa shape index (κ3) is 2.63. The number of ether oxygens (including phenoxy) is 2. The lowest BCUT2D eigenvalue weighted by Gasteiger charge is -2.16. The van der Waals surface area contributed by atoms with Crippen molar-refractivity contribution in [2.75, 3.05) is 14.2 Å². The Morgan fingerprint density at radius 1 is 1.00 bits per heavy atom. The van der Waals surface area contributed by atoms with E-state index in [9.17, 15) is 0 Å². The van der Waals surface area contributed by atoms with Crippen LogP contribution in [0.4, 0.5) is 0 Å². The largest absolute Gasteiger partial charge is 0.497 e. The molecule has 0 aliphatic heterocycles. The molecule has 2 aromatic carbocycles. The Kier molecular flexibility index (Phi) is 4.30. The fourth-order valence-electron chi connectivity index (χ4n) is 2.54. The molecule has 2 rings (SSSR count). The minimum Gasteiger partial charge on any atom is -0.497 e. The van der Waals surface area contributed by atoms with Gasteiger partial charge in [-0.15, -0.1) is 0 Å². The van der Waals surface area contributed by atoms with Crippen LogP contribution in [0, 0.1) is 13.8 Å². The highest BCUT2D eigenvalue weighted by atomic mass is 16.5. The Labute approximate surface area is 120 Å². The zero-order valence-corrected chi connectivity index (χ0v) is 12.5.